The van der Waals surface area contributed by atoms with Gasteiger partial charge in [0.2, 0.25) is 5.91 Å². The lowest BCUT2D eigenvalue weighted by Crippen LogP contribution is -2.41. The zero-order valence-corrected chi connectivity index (χ0v) is 11.6. The molecular weight excluding hydrogens is 252 g/mol. The van der Waals surface area contributed by atoms with Crippen LogP contribution in [0.25, 0.3) is 10.9 Å². The second kappa shape index (κ2) is 5.59. The molecule has 1 amide bonds. The Morgan fingerprint density at radius 1 is 1.25 bits per heavy atom. The van der Waals surface area contributed by atoms with Crippen LogP contribution in [0, 0.1) is 6.92 Å². The van der Waals surface area contributed by atoms with Gasteiger partial charge in [-0.15, -0.1) is 0 Å². The minimum absolute atomic E-state index is 0.133. The average molecular weight is 270 g/mol. The normalized spacial score (nSPS) is 15.6. The van der Waals surface area contributed by atoms with Gasteiger partial charge in [-0.1, -0.05) is 24.3 Å². The first-order valence-corrected chi connectivity index (χ1v) is 6.95. The fourth-order valence-corrected chi connectivity index (χ4v) is 2.51. The topological polar surface area (TPSA) is 42.4 Å². The van der Waals surface area contributed by atoms with E-state index in [4.69, 9.17) is 4.74 Å². The van der Waals surface area contributed by atoms with Gasteiger partial charge in [0.25, 0.3) is 0 Å². The third-order valence-electron chi connectivity index (χ3n) is 3.68. The Morgan fingerprint density at radius 3 is 2.85 bits per heavy atom. The van der Waals surface area contributed by atoms with Crippen molar-refractivity contribution >= 4 is 16.8 Å². The fourth-order valence-electron chi connectivity index (χ4n) is 2.51. The summed E-state index contributed by atoms with van der Waals surface area (Å²) >= 11 is 0. The van der Waals surface area contributed by atoms with Gasteiger partial charge in [-0.25, -0.2) is 0 Å². The standard InChI is InChI=1S/C16H18N2O2/c1-12-3-2-4-13-5-6-14(17-16(12)13)11-15(19)18-7-9-20-10-8-18/h2-6H,7-11H2,1H3. The smallest absolute Gasteiger partial charge is 0.228 e. The third-order valence-corrected chi connectivity index (χ3v) is 3.68. The van der Waals surface area contributed by atoms with Gasteiger partial charge in [0, 0.05) is 18.5 Å². The van der Waals surface area contributed by atoms with Crippen molar-refractivity contribution in [3.8, 4) is 0 Å². The highest BCUT2D eigenvalue weighted by Crippen LogP contribution is 2.17. The van der Waals surface area contributed by atoms with E-state index >= 15 is 0 Å². The Kier molecular flexibility index (Phi) is 3.65. The molecule has 0 bridgehead atoms. The van der Waals surface area contributed by atoms with E-state index in [0.717, 1.165) is 22.2 Å². The maximum absolute atomic E-state index is 12.2. The first-order chi connectivity index (χ1) is 9.74. The lowest BCUT2D eigenvalue weighted by molar-refractivity contribution is -0.134. The van der Waals surface area contributed by atoms with Crippen molar-refractivity contribution in [3.05, 3.63) is 41.6 Å². The molecule has 0 atom stereocenters. The minimum atomic E-state index is 0.133. The van der Waals surface area contributed by atoms with Gasteiger partial charge in [-0.3, -0.25) is 9.78 Å². The monoisotopic (exact) mass is 270 g/mol. The number of hydrogen-bond acceptors (Lipinski definition) is 3. The van der Waals surface area contributed by atoms with Crippen LogP contribution in [0.3, 0.4) is 0 Å². The number of rotatable bonds is 2. The largest absolute Gasteiger partial charge is 0.378 e. The van der Waals surface area contributed by atoms with E-state index in [1.54, 1.807) is 0 Å². The number of benzene rings is 1. The molecule has 1 aromatic heterocycles. The summed E-state index contributed by atoms with van der Waals surface area (Å²) in [5.74, 6) is 0.133. The second-order valence-electron chi connectivity index (χ2n) is 5.12. The number of ether oxygens (including phenoxy) is 1. The molecule has 1 aliphatic heterocycles. The maximum Gasteiger partial charge on any atom is 0.228 e. The van der Waals surface area contributed by atoms with Crippen LogP contribution in [0.5, 0.6) is 0 Å². The summed E-state index contributed by atoms with van der Waals surface area (Å²) in [7, 11) is 0. The number of nitrogens with zero attached hydrogens (tertiary/aromatic N) is 2. The Balaban J connectivity index is 1.80. The summed E-state index contributed by atoms with van der Waals surface area (Å²) < 4.78 is 5.26. The number of amides is 1. The summed E-state index contributed by atoms with van der Waals surface area (Å²) in [4.78, 5) is 18.7. The SMILES string of the molecule is Cc1cccc2ccc(CC(=O)N3CCOCC3)nc12. The molecule has 4 heteroatoms. The average Bonchev–Trinajstić information content (AvgIpc) is 2.49. The van der Waals surface area contributed by atoms with E-state index in [2.05, 4.69) is 4.98 Å². The summed E-state index contributed by atoms with van der Waals surface area (Å²) in [5, 5.41) is 1.12. The molecule has 0 N–H and O–H groups in total. The van der Waals surface area contributed by atoms with Crippen LogP contribution < -0.4 is 0 Å². The number of aryl methyl sites for hydroxylation is 1. The zero-order valence-electron chi connectivity index (χ0n) is 11.6. The Morgan fingerprint density at radius 2 is 2.05 bits per heavy atom. The van der Waals surface area contributed by atoms with Crippen LogP contribution in [0.1, 0.15) is 11.3 Å². The van der Waals surface area contributed by atoms with Gasteiger partial charge in [-0.2, -0.15) is 0 Å². The highest BCUT2D eigenvalue weighted by Gasteiger charge is 2.17. The molecule has 0 spiro atoms. The molecule has 0 saturated carbocycles. The third kappa shape index (κ3) is 2.65. The Bertz CT molecular complexity index is 633. The second-order valence-corrected chi connectivity index (χ2v) is 5.12. The van der Waals surface area contributed by atoms with Crippen LogP contribution in [-0.4, -0.2) is 42.1 Å². The van der Waals surface area contributed by atoms with E-state index in [1.807, 2.05) is 42.2 Å². The lowest BCUT2D eigenvalue weighted by Gasteiger charge is -2.26. The molecule has 4 nitrogen and oxygen atoms in total. The lowest BCUT2D eigenvalue weighted by atomic mass is 10.1. The molecule has 1 aromatic carbocycles. The molecule has 0 radical (unpaired) electrons. The fraction of sp³-hybridized carbons (Fsp3) is 0.375. The number of aromatic nitrogens is 1. The van der Waals surface area contributed by atoms with Crippen molar-refractivity contribution in [2.75, 3.05) is 26.3 Å². The van der Waals surface area contributed by atoms with E-state index in [0.29, 0.717) is 32.7 Å². The van der Waals surface area contributed by atoms with E-state index in [1.165, 1.54) is 0 Å². The summed E-state index contributed by atoms with van der Waals surface area (Å²) in [5.41, 5.74) is 2.96. The number of para-hydroxylation sites is 1. The number of carbonyl (C=O) groups excluding carboxylic acids is 1. The van der Waals surface area contributed by atoms with Gasteiger partial charge in [0.15, 0.2) is 0 Å². The van der Waals surface area contributed by atoms with Gasteiger partial charge in [0.05, 0.1) is 30.8 Å². The van der Waals surface area contributed by atoms with Gasteiger partial charge in [-0.05, 0) is 18.6 Å². The molecule has 1 saturated heterocycles. The molecule has 1 aliphatic rings. The summed E-state index contributed by atoms with van der Waals surface area (Å²) in [6.45, 7) is 4.69. The number of fused-ring (bicyclic) bond motifs is 1. The number of carbonyl (C=O) groups is 1. The van der Waals surface area contributed by atoms with Crippen molar-refractivity contribution in [2.24, 2.45) is 0 Å². The Labute approximate surface area is 118 Å². The zero-order chi connectivity index (χ0) is 13.9. The molecule has 0 unspecified atom stereocenters. The van der Waals surface area contributed by atoms with Crippen molar-refractivity contribution in [1.82, 2.24) is 9.88 Å². The van der Waals surface area contributed by atoms with Crippen LogP contribution in [-0.2, 0) is 16.0 Å². The van der Waals surface area contributed by atoms with E-state index < -0.39 is 0 Å². The molecule has 3 rings (SSSR count). The minimum Gasteiger partial charge on any atom is -0.378 e. The van der Waals surface area contributed by atoms with Gasteiger partial charge in [0.1, 0.15) is 0 Å². The molecular formula is C16H18N2O2. The van der Waals surface area contributed by atoms with Crippen molar-refractivity contribution in [2.45, 2.75) is 13.3 Å². The highest BCUT2D eigenvalue weighted by molar-refractivity contribution is 5.83. The summed E-state index contributed by atoms with van der Waals surface area (Å²) in [6, 6.07) is 10.1. The molecule has 0 aliphatic carbocycles. The predicted octanol–water partition coefficient (Wildman–Crippen LogP) is 1.94. The molecule has 2 heterocycles. The van der Waals surface area contributed by atoms with Gasteiger partial charge < -0.3 is 9.64 Å². The maximum atomic E-state index is 12.2. The summed E-state index contributed by atoms with van der Waals surface area (Å²) in [6.07, 6.45) is 0.365. The number of morpholine rings is 1. The molecule has 2 aromatic rings. The Hall–Kier alpha value is -1.94. The highest BCUT2D eigenvalue weighted by atomic mass is 16.5. The van der Waals surface area contributed by atoms with E-state index in [-0.39, 0.29) is 5.91 Å². The van der Waals surface area contributed by atoms with Crippen LogP contribution in [0.4, 0.5) is 0 Å². The molecule has 20 heavy (non-hydrogen) atoms. The quantitative estimate of drug-likeness (QED) is 0.837. The van der Waals surface area contributed by atoms with Gasteiger partial charge >= 0.3 is 0 Å². The molecule has 1 fully saturated rings. The van der Waals surface area contributed by atoms with Crippen LogP contribution >= 0.6 is 0 Å². The van der Waals surface area contributed by atoms with E-state index in [9.17, 15) is 4.79 Å². The molecule has 104 valence electrons. The first kappa shape index (κ1) is 13.1. The number of pyridine rings is 1. The van der Waals surface area contributed by atoms with Crippen molar-refractivity contribution < 1.29 is 9.53 Å². The van der Waals surface area contributed by atoms with Crippen LogP contribution in [0.15, 0.2) is 30.3 Å². The number of hydrogen-bond donors (Lipinski definition) is 0. The predicted molar refractivity (Wildman–Crippen MR) is 77.6 cm³/mol. The van der Waals surface area contributed by atoms with Crippen molar-refractivity contribution in [3.63, 3.8) is 0 Å². The van der Waals surface area contributed by atoms with Crippen LogP contribution in [0.2, 0.25) is 0 Å². The van der Waals surface area contributed by atoms with Crippen molar-refractivity contribution in [1.29, 1.82) is 0 Å². The first-order valence-electron chi connectivity index (χ1n) is 6.95.